The maximum absolute atomic E-state index is 12.5. The van der Waals surface area contributed by atoms with E-state index in [4.69, 9.17) is 24.9 Å². The quantitative estimate of drug-likeness (QED) is 0.00877. The van der Waals surface area contributed by atoms with E-state index in [0.29, 0.717) is 28.2 Å². The topological polar surface area (TPSA) is 353 Å². The van der Waals surface area contributed by atoms with Crippen LogP contribution in [0.2, 0.25) is 0 Å². The molecule has 0 atom stereocenters. The van der Waals surface area contributed by atoms with Gasteiger partial charge in [0.05, 0.1) is 43.4 Å². The Morgan fingerprint density at radius 2 is 1.41 bits per heavy atom. The van der Waals surface area contributed by atoms with Crippen molar-refractivity contribution in [2.45, 2.75) is 16.7 Å². The van der Waals surface area contributed by atoms with Gasteiger partial charge >= 0.3 is 0 Å². The van der Waals surface area contributed by atoms with Crippen molar-refractivity contribution in [3.63, 3.8) is 0 Å². The molecule has 25 nitrogen and oxygen atoms in total. The fourth-order valence-corrected chi connectivity index (χ4v) is 6.16. The third-order valence-corrected chi connectivity index (χ3v) is 9.35. The maximum atomic E-state index is 12.5. The number of aliphatic imine (C=N–C) groups is 1. The molecule has 0 amide bonds. The molecule has 2 aromatic heterocycles. The van der Waals surface area contributed by atoms with E-state index < -0.39 is 30.9 Å². The Hall–Kier alpha value is -4.73. The standard InChI is InChI=1S/C29H35N11O14S4/c1-18-33-25(31-9-14-55-53-51-42)38-28(34-18)36-22-7-5-20(24(17-22)58(47,48)49)3-2-19-4-6-21(16-23(19)56-54-52-43)35-29-39-26(30-8-12-50-13-11-41)37-27(40-29)32-10-15-57(44,45)46/h2-7,9,16-17,41-43H,8,10-15H2,1H3,(H,44,45,46)(H,47,48,49)(H,33,34,36,38)(H3,30,32,35,37,39,40)/b3-2+,31-9?. The van der Waals surface area contributed by atoms with Crippen LogP contribution in [-0.2, 0) is 43.7 Å². The predicted molar refractivity (Wildman–Crippen MR) is 210 cm³/mol. The molecule has 0 aliphatic rings. The third kappa shape index (κ3) is 16.3. The summed E-state index contributed by atoms with van der Waals surface area (Å²) in [4.78, 5) is 29.0. The van der Waals surface area contributed by atoms with Gasteiger partial charge < -0.3 is 31.1 Å². The van der Waals surface area contributed by atoms with Crippen LogP contribution < -0.4 is 21.3 Å². The zero-order valence-electron chi connectivity index (χ0n) is 29.8. The molecule has 4 rings (SSSR count). The highest BCUT2D eigenvalue weighted by atomic mass is 32.2. The first-order chi connectivity index (χ1) is 27.8. The SMILES string of the molecule is Cc1nc(N=CCSOOO)nc(Nc2ccc(/C=C/c3ccc(Nc4nc(NCCOCCO)nc(NCCS(=O)(=O)O)n4)cc3SOOO)c(S(=O)(=O)O)c2)n1. The molecule has 0 saturated carbocycles. The number of hydrogen-bond acceptors (Lipinski definition) is 25. The van der Waals surface area contributed by atoms with Crippen LogP contribution in [0.15, 0.2) is 51.2 Å². The summed E-state index contributed by atoms with van der Waals surface area (Å²) < 4.78 is 80.7. The van der Waals surface area contributed by atoms with Crippen LogP contribution in [0.3, 0.4) is 0 Å². The lowest BCUT2D eigenvalue weighted by atomic mass is 10.1. The van der Waals surface area contributed by atoms with E-state index in [1.807, 2.05) is 0 Å². The molecular weight excluding hydrogens is 855 g/mol. The molecule has 29 heteroatoms. The van der Waals surface area contributed by atoms with Gasteiger partial charge in [-0.25, -0.2) is 15.5 Å². The minimum absolute atomic E-state index is 0.0107. The van der Waals surface area contributed by atoms with E-state index in [1.165, 1.54) is 36.6 Å². The summed E-state index contributed by atoms with van der Waals surface area (Å²) in [5.41, 5.74) is 1.06. The lowest BCUT2D eigenvalue weighted by Crippen LogP contribution is -2.18. The smallest absolute Gasteiger partial charge is 0.295 e. The van der Waals surface area contributed by atoms with Crippen LogP contribution in [0.25, 0.3) is 12.2 Å². The van der Waals surface area contributed by atoms with E-state index >= 15 is 0 Å². The van der Waals surface area contributed by atoms with Crippen LogP contribution in [0.1, 0.15) is 17.0 Å². The molecule has 314 valence electrons. The molecular formula is C29H35N11O14S4. The molecule has 2 heterocycles. The van der Waals surface area contributed by atoms with Crippen molar-refractivity contribution in [2.75, 3.05) is 65.7 Å². The van der Waals surface area contributed by atoms with Gasteiger partial charge in [-0.15, -0.1) is 8.67 Å². The van der Waals surface area contributed by atoms with Crippen molar-refractivity contribution in [2.24, 2.45) is 4.99 Å². The van der Waals surface area contributed by atoms with Gasteiger partial charge in [0, 0.05) is 47.6 Å². The summed E-state index contributed by atoms with van der Waals surface area (Å²) in [6.45, 7) is 1.77. The Labute approximate surface area is 338 Å². The monoisotopic (exact) mass is 889 g/mol. The van der Waals surface area contributed by atoms with Gasteiger partial charge in [0.15, 0.2) is 0 Å². The van der Waals surface area contributed by atoms with E-state index in [9.17, 15) is 21.4 Å². The van der Waals surface area contributed by atoms with Crippen molar-refractivity contribution < 1.29 is 65.0 Å². The van der Waals surface area contributed by atoms with Crippen LogP contribution in [0, 0.1) is 6.92 Å². The summed E-state index contributed by atoms with van der Waals surface area (Å²) >= 11 is 1.33. The van der Waals surface area contributed by atoms with Crippen molar-refractivity contribution in [3.8, 4) is 0 Å². The summed E-state index contributed by atoms with van der Waals surface area (Å²) in [6.07, 6.45) is 4.29. The number of benzene rings is 2. The molecule has 0 saturated heterocycles. The summed E-state index contributed by atoms with van der Waals surface area (Å²) in [5.74, 6) is -0.104. The molecule has 0 unspecified atom stereocenters. The summed E-state index contributed by atoms with van der Waals surface area (Å²) in [7, 11) is -9.05. The van der Waals surface area contributed by atoms with Crippen LogP contribution >= 0.6 is 24.1 Å². The van der Waals surface area contributed by atoms with Gasteiger partial charge in [0.1, 0.15) is 10.7 Å². The molecule has 0 aliphatic carbocycles. The molecule has 0 radical (unpaired) electrons. The fourth-order valence-electron chi connectivity index (χ4n) is 4.35. The second-order valence-corrected chi connectivity index (χ2v) is 15.2. The summed E-state index contributed by atoms with van der Waals surface area (Å²) in [5, 5.41) is 44.7. The Balaban J connectivity index is 1.57. The van der Waals surface area contributed by atoms with Crippen LogP contribution in [0.5, 0.6) is 0 Å². The largest absolute Gasteiger partial charge is 0.394 e. The van der Waals surface area contributed by atoms with Crippen molar-refractivity contribution in [1.29, 1.82) is 0 Å². The minimum Gasteiger partial charge on any atom is -0.394 e. The van der Waals surface area contributed by atoms with E-state index in [1.54, 1.807) is 19.1 Å². The highest BCUT2D eigenvalue weighted by Gasteiger charge is 2.17. The van der Waals surface area contributed by atoms with E-state index in [0.717, 1.165) is 18.1 Å². The molecule has 58 heavy (non-hydrogen) atoms. The Morgan fingerprint density at radius 3 is 2.09 bits per heavy atom. The number of ether oxygens (including phenoxy) is 1. The Kier molecular flexibility index (Phi) is 18.2. The average molecular weight is 890 g/mol. The first-order valence-electron chi connectivity index (χ1n) is 16.1. The number of anilines is 6. The lowest BCUT2D eigenvalue weighted by Gasteiger charge is -2.13. The van der Waals surface area contributed by atoms with Crippen molar-refractivity contribution in [3.05, 3.63) is 53.3 Å². The second-order valence-electron chi connectivity index (χ2n) is 10.8. The van der Waals surface area contributed by atoms with Crippen molar-refractivity contribution >= 4 is 104 Å². The number of nitrogens with one attached hydrogen (secondary N) is 4. The molecule has 0 fully saturated rings. The number of aliphatic hydroxyl groups excluding tert-OH is 1. The summed E-state index contributed by atoms with van der Waals surface area (Å²) in [6, 6.07) is 8.81. The van der Waals surface area contributed by atoms with E-state index in [2.05, 4.69) is 74.9 Å². The molecule has 0 bridgehead atoms. The Morgan fingerprint density at radius 1 is 0.776 bits per heavy atom. The van der Waals surface area contributed by atoms with Gasteiger partial charge in [-0.1, -0.05) is 34.4 Å². The zero-order valence-corrected chi connectivity index (χ0v) is 33.1. The van der Waals surface area contributed by atoms with Crippen LogP contribution in [0.4, 0.5) is 41.1 Å². The highest BCUT2D eigenvalue weighted by molar-refractivity contribution is 7.95. The number of aryl methyl sites for hydroxylation is 1. The van der Waals surface area contributed by atoms with Crippen LogP contribution in [-0.4, -0.2) is 122 Å². The molecule has 9 N–H and O–H groups in total. The Bertz CT molecular complexity index is 2260. The molecule has 0 aliphatic heterocycles. The zero-order chi connectivity index (χ0) is 42.0. The second kappa shape index (κ2) is 23.0. The maximum Gasteiger partial charge on any atom is 0.295 e. The van der Waals surface area contributed by atoms with Gasteiger partial charge in [-0.3, -0.25) is 9.11 Å². The molecule has 2 aromatic carbocycles. The van der Waals surface area contributed by atoms with Gasteiger partial charge in [0.2, 0.25) is 23.8 Å². The average Bonchev–Trinajstić information content (AvgIpc) is 3.15. The predicted octanol–water partition coefficient (Wildman–Crippen LogP) is 3.19. The number of aromatic nitrogens is 6. The van der Waals surface area contributed by atoms with Gasteiger partial charge in [0.25, 0.3) is 26.2 Å². The first-order valence-corrected chi connectivity index (χ1v) is 20.8. The number of rotatable bonds is 25. The van der Waals surface area contributed by atoms with Gasteiger partial charge in [-0.05, 0) is 42.3 Å². The highest BCUT2D eigenvalue weighted by Crippen LogP contribution is 2.31. The number of aliphatic hydroxyl groups is 1. The molecule has 0 spiro atoms. The first kappa shape index (κ1) is 46.0. The minimum atomic E-state index is -4.78. The lowest BCUT2D eigenvalue weighted by molar-refractivity contribution is -0.432. The fraction of sp³-hybridized carbons (Fsp3) is 0.276. The third-order valence-electron chi connectivity index (χ3n) is 6.62. The number of hydrogen-bond donors (Lipinski definition) is 9. The van der Waals surface area contributed by atoms with Crippen molar-refractivity contribution in [1.82, 2.24) is 29.9 Å². The molecule has 4 aromatic rings. The number of nitrogens with zero attached hydrogens (tertiary/aromatic N) is 7. The normalized spacial score (nSPS) is 12.0. The van der Waals surface area contributed by atoms with Gasteiger partial charge in [-0.2, -0.15) is 46.7 Å². The van der Waals surface area contributed by atoms with E-state index in [-0.39, 0.29) is 85.5 Å².